The van der Waals surface area contributed by atoms with Gasteiger partial charge >= 0.3 is 0 Å². The minimum Gasteiger partial charge on any atom is -0.456 e. The molecule has 0 atom stereocenters. The highest BCUT2D eigenvalue weighted by atomic mass is 16.6. The second-order valence-electron chi connectivity index (χ2n) is 4.57. The number of nitrogens with zero attached hydrogens (tertiary/aromatic N) is 1. The third-order valence-electron chi connectivity index (χ3n) is 3.22. The average Bonchev–Trinajstić information content (AvgIpc) is 2.57. The molecule has 0 unspecified atom stereocenters. The maximum absolute atomic E-state index is 10.6. The lowest BCUT2D eigenvalue weighted by Gasteiger charge is -1.98. The first-order chi connectivity index (χ1) is 8.40. The van der Waals surface area contributed by atoms with Gasteiger partial charge in [0, 0.05) is 17.9 Å². The molecule has 0 bridgehead atoms. The molecule has 0 spiro atoms. The van der Waals surface area contributed by atoms with E-state index in [1.54, 1.807) is 0 Å². The molecule has 1 aromatic heterocycles. The highest BCUT2D eigenvalue weighted by Gasteiger charge is 2.12. The molecule has 4 heteroatoms. The first-order valence-corrected chi connectivity index (χ1v) is 5.73. The molecule has 0 aliphatic carbocycles. The van der Waals surface area contributed by atoms with Crippen LogP contribution < -0.4 is 0 Å². The second-order valence-corrected chi connectivity index (χ2v) is 4.57. The third kappa shape index (κ3) is 2.01. The van der Waals surface area contributed by atoms with Gasteiger partial charge in [-0.3, -0.25) is 10.1 Å². The van der Waals surface area contributed by atoms with Crippen molar-refractivity contribution in [3.8, 4) is 0 Å². The summed E-state index contributed by atoms with van der Waals surface area (Å²) >= 11 is 0. The van der Waals surface area contributed by atoms with Crippen LogP contribution in [0.2, 0.25) is 0 Å². The van der Waals surface area contributed by atoms with Crippen LogP contribution in [0.4, 0.5) is 0 Å². The molecule has 18 heavy (non-hydrogen) atoms. The van der Waals surface area contributed by atoms with Gasteiger partial charge in [-0.2, -0.15) is 0 Å². The number of furan rings is 1. The van der Waals surface area contributed by atoms with E-state index in [4.69, 9.17) is 4.42 Å². The van der Waals surface area contributed by atoms with Crippen molar-refractivity contribution in [2.75, 3.05) is 0 Å². The van der Waals surface area contributed by atoms with E-state index in [0.29, 0.717) is 5.76 Å². The maximum atomic E-state index is 10.6. The summed E-state index contributed by atoms with van der Waals surface area (Å²) in [6.07, 6.45) is 1.47. The predicted molar refractivity (Wildman–Crippen MR) is 71.1 cm³/mol. The Bertz CT molecular complexity index is 665. The smallest absolute Gasteiger partial charge is 0.246 e. The van der Waals surface area contributed by atoms with Crippen molar-refractivity contribution in [1.29, 1.82) is 0 Å². The molecule has 1 aromatic carbocycles. The van der Waals surface area contributed by atoms with Gasteiger partial charge in [0.25, 0.3) is 0 Å². The van der Waals surface area contributed by atoms with Crippen molar-refractivity contribution in [2.45, 2.75) is 27.7 Å². The van der Waals surface area contributed by atoms with E-state index in [1.165, 1.54) is 18.6 Å². The number of rotatable bonds is 2. The van der Waals surface area contributed by atoms with Crippen molar-refractivity contribution < 1.29 is 9.34 Å². The Balaban J connectivity index is 2.65. The van der Waals surface area contributed by atoms with Crippen molar-refractivity contribution in [3.05, 3.63) is 50.4 Å². The van der Waals surface area contributed by atoms with Crippen LogP contribution >= 0.6 is 0 Å². The average molecular weight is 245 g/mol. The number of nitro groups is 1. The number of hydrogen-bond donors (Lipinski definition) is 0. The van der Waals surface area contributed by atoms with Crippen LogP contribution in [0.5, 0.6) is 0 Å². The quantitative estimate of drug-likeness (QED) is 0.593. The van der Waals surface area contributed by atoms with Crippen LogP contribution in [0.1, 0.15) is 29.4 Å². The van der Waals surface area contributed by atoms with Gasteiger partial charge in [-0.05, 0) is 44.0 Å². The molecule has 0 aliphatic rings. The van der Waals surface area contributed by atoms with Crippen LogP contribution in [0.25, 0.3) is 17.0 Å². The summed E-state index contributed by atoms with van der Waals surface area (Å²) in [6.45, 7) is 7.44. The monoisotopic (exact) mass is 245 g/mol. The molecule has 0 saturated heterocycles. The number of aryl methyl sites for hydroxylation is 3. The summed E-state index contributed by atoms with van der Waals surface area (Å²) in [5.41, 5.74) is 4.13. The zero-order chi connectivity index (χ0) is 13.4. The molecule has 0 fully saturated rings. The molecule has 2 aromatic rings. The maximum Gasteiger partial charge on any atom is 0.246 e. The highest BCUT2D eigenvalue weighted by molar-refractivity contribution is 5.85. The van der Waals surface area contributed by atoms with Crippen molar-refractivity contribution in [1.82, 2.24) is 0 Å². The normalized spacial score (nSPS) is 12.1. The Morgan fingerprint density at radius 1 is 1.28 bits per heavy atom. The Hall–Kier alpha value is -2.10. The van der Waals surface area contributed by atoms with E-state index in [1.807, 2.05) is 26.8 Å². The van der Waals surface area contributed by atoms with Crippen LogP contribution in [-0.2, 0) is 0 Å². The fraction of sp³-hybridized carbons (Fsp3) is 0.286. The van der Waals surface area contributed by atoms with E-state index in [2.05, 4.69) is 6.07 Å². The van der Waals surface area contributed by atoms with Gasteiger partial charge in [0.2, 0.25) is 5.70 Å². The largest absolute Gasteiger partial charge is 0.456 e. The van der Waals surface area contributed by atoms with Gasteiger partial charge in [0.05, 0.1) is 11.0 Å². The summed E-state index contributed by atoms with van der Waals surface area (Å²) in [6, 6.07) is 4.03. The minimum absolute atomic E-state index is 0.0746. The van der Waals surface area contributed by atoms with Crippen LogP contribution in [0, 0.1) is 30.9 Å². The fourth-order valence-electron chi connectivity index (χ4n) is 1.88. The number of benzene rings is 1. The van der Waals surface area contributed by atoms with E-state index in [-0.39, 0.29) is 5.70 Å². The molecule has 0 amide bonds. The van der Waals surface area contributed by atoms with Gasteiger partial charge in [0.15, 0.2) is 0 Å². The third-order valence-corrected chi connectivity index (χ3v) is 3.22. The van der Waals surface area contributed by atoms with Gasteiger partial charge in [-0.25, -0.2) is 0 Å². The fourth-order valence-corrected chi connectivity index (χ4v) is 1.88. The lowest BCUT2D eigenvalue weighted by atomic mass is 10.0. The summed E-state index contributed by atoms with van der Waals surface area (Å²) < 4.78 is 5.67. The molecule has 0 radical (unpaired) electrons. The SMILES string of the molecule is CC(=Cc1oc2cc(C)c(C)cc2c1C)[N+](=O)[O-]. The number of hydrogen-bond acceptors (Lipinski definition) is 3. The number of fused-ring (bicyclic) bond motifs is 1. The van der Waals surface area contributed by atoms with Crippen LogP contribution in [0.3, 0.4) is 0 Å². The number of allylic oxidation sites excluding steroid dienone is 1. The summed E-state index contributed by atoms with van der Waals surface area (Å²) in [5, 5.41) is 11.6. The second kappa shape index (κ2) is 4.29. The molecular weight excluding hydrogens is 230 g/mol. The first kappa shape index (κ1) is 12.4. The van der Waals surface area contributed by atoms with Crippen molar-refractivity contribution >= 4 is 17.0 Å². The lowest BCUT2D eigenvalue weighted by molar-refractivity contribution is -0.422. The van der Waals surface area contributed by atoms with Gasteiger partial charge < -0.3 is 4.42 Å². The summed E-state index contributed by atoms with van der Waals surface area (Å²) in [5.74, 6) is 0.559. The Morgan fingerprint density at radius 3 is 2.50 bits per heavy atom. The topological polar surface area (TPSA) is 56.3 Å². The van der Waals surface area contributed by atoms with Crippen molar-refractivity contribution in [3.63, 3.8) is 0 Å². The molecular formula is C14H15NO3. The van der Waals surface area contributed by atoms with E-state index >= 15 is 0 Å². The molecule has 94 valence electrons. The van der Waals surface area contributed by atoms with Gasteiger partial charge in [-0.15, -0.1) is 0 Å². The Kier molecular flexibility index (Phi) is 2.95. The first-order valence-electron chi connectivity index (χ1n) is 5.73. The molecule has 2 rings (SSSR count). The molecule has 0 aliphatic heterocycles. The molecule has 4 nitrogen and oxygen atoms in total. The highest BCUT2D eigenvalue weighted by Crippen LogP contribution is 2.29. The zero-order valence-electron chi connectivity index (χ0n) is 10.9. The van der Waals surface area contributed by atoms with Gasteiger partial charge in [-0.1, -0.05) is 0 Å². The summed E-state index contributed by atoms with van der Waals surface area (Å²) in [7, 11) is 0. The van der Waals surface area contributed by atoms with E-state index in [9.17, 15) is 10.1 Å². The Morgan fingerprint density at radius 2 is 1.89 bits per heavy atom. The standard InChI is InChI=1S/C14H15NO3/c1-8-5-12-11(4)13(7-10(3)15(16)17)18-14(12)6-9(8)2/h5-7H,1-4H3. The molecule has 0 N–H and O–H groups in total. The molecule has 1 heterocycles. The van der Waals surface area contributed by atoms with Crippen molar-refractivity contribution in [2.24, 2.45) is 0 Å². The van der Waals surface area contributed by atoms with E-state index < -0.39 is 4.92 Å². The van der Waals surface area contributed by atoms with E-state index in [0.717, 1.165) is 22.1 Å². The zero-order valence-corrected chi connectivity index (χ0v) is 10.9. The lowest BCUT2D eigenvalue weighted by Crippen LogP contribution is -1.92. The summed E-state index contributed by atoms with van der Waals surface area (Å²) in [4.78, 5) is 10.2. The molecule has 0 saturated carbocycles. The van der Waals surface area contributed by atoms with Crippen LogP contribution in [-0.4, -0.2) is 4.92 Å². The van der Waals surface area contributed by atoms with Crippen LogP contribution in [0.15, 0.2) is 22.2 Å². The predicted octanol–water partition coefficient (Wildman–Crippen LogP) is 4.00. The Labute approximate surface area is 105 Å². The van der Waals surface area contributed by atoms with Gasteiger partial charge in [0.1, 0.15) is 11.3 Å². The minimum atomic E-state index is -0.414.